The first-order valence-electron chi connectivity index (χ1n) is 7.32. The van der Waals surface area contributed by atoms with Crippen molar-refractivity contribution in [1.29, 1.82) is 5.26 Å². The molecule has 0 bridgehead atoms. The minimum absolute atomic E-state index is 0.190. The number of ether oxygens (including phenoxy) is 3. The van der Waals surface area contributed by atoms with E-state index in [1.54, 1.807) is 56.7 Å². The predicted molar refractivity (Wildman–Crippen MR) is 91.9 cm³/mol. The summed E-state index contributed by atoms with van der Waals surface area (Å²) in [5.41, 5.74) is 3.61. The lowest BCUT2D eigenvalue weighted by atomic mass is 10.2. The second-order valence-electron chi connectivity index (χ2n) is 4.86. The summed E-state index contributed by atoms with van der Waals surface area (Å²) in [6.07, 6.45) is 1.48. The third kappa shape index (κ3) is 5.55. The summed E-state index contributed by atoms with van der Waals surface area (Å²) < 4.78 is 15.6. The number of methoxy groups -OCH3 is 2. The molecule has 1 amide bonds. The molecule has 25 heavy (non-hydrogen) atoms. The summed E-state index contributed by atoms with van der Waals surface area (Å²) in [7, 11) is 3.11. The summed E-state index contributed by atoms with van der Waals surface area (Å²) in [6, 6.07) is 13.7. The van der Waals surface area contributed by atoms with E-state index in [4.69, 9.17) is 19.5 Å². The van der Waals surface area contributed by atoms with Crippen molar-refractivity contribution in [3.05, 3.63) is 53.6 Å². The van der Waals surface area contributed by atoms with E-state index in [-0.39, 0.29) is 6.61 Å². The number of nitrogens with zero attached hydrogens (tertiary/aromatic N) is 2. The number of hydrogen-bond acceptors (Lipinski definition) is 6. The van der Waals surface area contributed by atoms with E-state index < -0.39 is 5.91 Å². The van der Waals surface area contributed by atoms with Gasteiger partial charge in [0.15, 0.2) is 6.61 Å². The zero-order valence-electron chi connectivity index (χ0n) is 13.9. The number of hydrazone groups is 1. The molecule has 0 saturated carbocycles. The van der Waals surface area contributed by atoms with Crippen LogP contribution in [0.3, 0.4) is 0 Å². The molecule has 0 aliphatic rings. The van der Waals surface area contributed by atoms with Crippen LogP contribution in [0.15, 0.2) is 47.6 Å². The molecule has 0 aliphatic carbocycles. The van der Waals surface area contributed by atoms with E-state index in [1.165, 1.54) is 6.21 Å². The van der Waals surface area contributed by atoms with Gasteiger partial charge < -0.3 is 14.2 Å². The van der Waals surface area contributed by atoms with E-state index >= 15 is 0 Å². The highest BCUT2D eigenvalue weighted by Gasteiger charge is 2.03. The molecule has 2 aromatic carbocycles. The molecule has 0 fully saturated rings. The Morgan fingerprint density at radius 2 is 1.76 bits per heavy atom. The maximum Gasteiger partial charge on any atom is 0.277 e. The number of nitrogens with one attached hydrogen (secondary N) is 1. The lowest BCUT2D eigenvalue weighted by Gasteiger charge is -2.06. The first kappa shape index (κ1) is 17.8. The van der Waals surface area contributed by atoms with Crippen LogP contribution in [-0.4, -0.2) is 32.9 Å². The Kier molecular flexibility index (Phi) is 6.37. The van der Waals surface area contributed by atoms with Gasteiger partial charge in [-0.05, 0) is 36.4 Å². The van der Waals surface area contributed by atoms with Crippen molar-refractivity contribution in [1.82, 2.24) is 5.43 Å². The Bertz CT molecular complexity index is 773. The van der Waals surface area contributed by atoms with Gasteiger partial charge in [0.2, 0.25) is 0 Å². The zero-order valence-corrected chi connectivity index (χ0v) is 13.9. The van der Waals surface area contributed by atoms with Gasteiger partial charge in [0.25, 0.3) is 5.91 Å². The van der Waals surface area contributed by atoms with Gasteiger partial charge in [-0.3, -0.25) is 4.79 Å². The van der Waals surface area contributed by atoms with Gasteiger partial charge in [0, 0.05) is 11.6 Å². The van der Waals surface area contributed by atoms with Crippen LogP contribution in [0.25, 0.3) is 0 Å². The van der Waals surface area contributed by atoms with Crippen molar-refractivity contribution in [2.24, 2.45) is 5.10 Å². The van der Waals surface area contributed by atoms with Crippen LogP contribution in [-0.2, 0) is 4.79 Å². The Labute approximate surface area is 145 Å². The third-order valence-electron chi connectivity index (χ3n) is 3.13. The fraction of sp³-hybridized carbons (Fsp3) is 0.167. The van der Waals surface area contributed by atoms with E-state index in [0.717, 1.165) is 0 Å². The lowest BCUT2D eigenvalue weighted by Crippen LogP contribution is -2.24. The molecule has 0 unspecified atom stereocenters. The van der Waals surface area contributed by atoms with Crippen molar-refractivity contribution in [3.63, 3.8) is 0 Å². The van der Waals surface area contributed by atoms with Crippen LogP contribution in [0.4, 0.5) is 0 Å². The Hall–Kier alpha value is -3.53. The Morgan fingerprint density at radius 3 is 2.32 bits per heavy atom. The first-order chi connectivity index (χ1) is 12.1. The second-order valence-corrected chi connectivity index (χ2v) is 4.86. The van der Waals surface area contributed by atoms with Gasteiger partial charge >= 0.3 is 0 Å². The number of hydrogen-bond donors (Lipinski definition) is 1. The van der Waals surface area contributed by atoms with Gasteiger partial charge in [-0.1, -0.05) is 0 Å². The lowest BCUT2D eigenvalue weighted by molar-refractivity contribution is -0.123. The SMILES string of the molecule is COc1cc(/C=N\NC(=O)COc2ccc(C#N)cc2)cc(OC)c1. The van der Waals surface area contributed by atoms with Gasteiger partial charge in [-0.25, -0.2) is 5.43 Å². The van der Waals surface area contributed by atoms with E-state index in [9.17, 15) is 4.79 Å². The van der Waals surface area contributed by atoms with Gasteiger partial charge in [0.1, 0.15) is 17.2 Å². The van der Waals surface area contributed by atoms with Crippen LogP contribution >= 0.6 is 0 Å². The van der Waals surface area contributed by atoms with Crippen molar-refractivity contribution < 1.29 is 19.0 Å². The quantitative estimate of drug-likeness (QED) is 0.616. The fourth-order valence-corrected chi connectivity index (χ4v) is 1.89. The van der Waals surface area contributed by atoms with Crippen LogP contribution < -0.4 is 19.6 Å². The summed E-state index contributed by atoms with van der Waals surface area (Å²) in [5, 5.41) is 12.6. The molecule has 0 spiro atoms. The molecule has 0 saturated heterocycles. The largest absolute Gasteiger partial charge is 0.497 e. The van der Waals surface area contributed by atoms with Crippen molar-refractivity contribution in [2.75, 3.05) is 20.8 Å². The topological polar surface area (TPSA) is 92.9 Å². The standard InChI is InChI=1S/C18H17N3O4/c1-23-16-7-14(8-17(9-16)24-2)11-20-21-18(22)12-25-15-5-3-13(10-19)4-6-15/h3-9,11H,12H2,1-2H3,(H,21,22)/b20-11-. The molecule has 0 aliphatic heterocycles. The minimum Gasteiger partial charge on any atom is -0.497 e. The second kappa shape index (κ2) is 8.93. The van der Waals surface area contributed by atoms with Gasteiger partial charge in [-0.2, -0.15) is 10.4 Å². The predicted octanol–water partition coefficient (Wildman–Crippen LogP) is 2.10. The number of nitriles is 1. The van der Waals surface area contributed by atoms with E-state index in [1.807, 2.05) is 6.07 Å². The number of carbonyl (C=O) groups is 1. The van der Waals surface area contributed by atoms with Gasteiger partial charge in [-0.15, -0.1) is 0 Å². The first-order valence-corrected chi connectivity index (χ1v) is 7.32. The summed E-state index contributed by atoms with van der Waals surface area (Å²) in [6.45, 7) is -0.190. The molecule has 0 aromatic heterocycles. The molecule has 0 heterocycles. The molecule has 0 atom stereocenters. The maximum absolute atomic E-state index is 11.7. The molecular weight excluding hydrogens is 322 g/mol. The van der Waals surface area contributed by atoms with E-state index in [0.29, 0.717) is 28.4 Å². The van der Waals surface area contributed by atoms with Crippen LogP contribution in [0, 0.1) is 11.3 Å². The molecule has 2 aromatic rings. The minimum atomic E-state index is -0.407. The number of benzene rings is 2. The zero-order chi connectivity index (χ0) is 18.1. The molecule has 7 heteroatoms. The number of amides is 1. The molecule has 0 radical (unpaired) electrons. The maximum atomic E-state index is 11.7. The number of carbonyl (C=O) groups excluding carboxylic acids is 1. The van der Waals surface area contributed by atoms with Crippen LogP contribution in [0.2, 0.25) is 0 Å². The summed E-state index contributed by atoms with van der Waals surface area (Å²) in [5.74, 6) is 1.33. The summed E-state index contributed by atoms with van der Waals surface area (Å²) >= 11 is 0. The summed E-state index contributed by atoms with van der Waals surface area (Å²) in [4.78, 5) is 11.7. The average molecular weight is 339 g/mol. The molecule has 2 rings (SSSR count). The molecule has 128 valence electrons. The number of rotatable bonds is 7. The fourth-order valence-electron chi connectivity index (χ4n) is 1.89. The third-order valence-corrected chi connectivity index (χ3v) is 3.13. The Morgan fingerprint density at radius 1 is 1.12 bits per heavy atom. The van der Waals surface area contributed by atoms with Crippen molar-refractivity contribution in [2.45, 2.75) is 0 Å². The molecule has 1 N–H and O–H groups in total. The highest BCUT2D eigenvalue weighted by atomic mass is 16.5. The van der Waals surface area contributed by atoms with Crippen LogP contribution in [0.1, 0.15) is 11.1 Å². The molecular formula is C18H17N3O4. The highest BCUT2D eigenvalue weighted by Crippen LogP contribution is 2.21. The van der Waals surface area contributed by atoms with Crippen molar-refractivity contribution >= 4 is 12.1 Å². The van der Waals surface area contributed by atoms with Crippen LogP contribution in [0.5, 0.6) is 17.2 Å². The monoisotopic (exact) mass is 339 g/mol. The average Bonchev–Trinajstić information content (AvgIpc) is 2.66. The van der Waals surface area contributed by atoms with E-state index in [2.05, 4.69) is 10.5 Å². The normalized spacial score (nSPS) is 10.1. The van der Waals surface area contributed by atoms with Gasteiger partial charge in [0.05, 0.1) is 32.1 Å². The van der Waals surface area contributed by atoms with Crippen molar-refractivity contribution in [3.8, 4) is 23.3 Å². The smallest absolute Gasteiger partial charge is 0.277 e. The molecule has 7 nitrogen and oxygen atoms in total. The Balaban J connectivity index is 1.86. The highest BCUT2D eigenvalue weighted by molar-refractivity contribution is 5.83.